The highest BCUT2D eigenvalue weighted by Gasteiger charge is 2.30. The van der Waals surface area contributed by atoms with Gasteiger partial charge in [-0.2, -0.15) is 0 Å². The third-order valence-electron chi connectivity index (χ3n) is 5.73. The fourth-order valence-corrected chi connectivity index (χ4v) is 4.03. The van der Waals surface area contributed by atoms with Crippen LogP contribution in [0.5, 0.6) is 11.8 Å². The van der Waals surface area contributed by atoms with E-state index in [9.17, 15) is 9.59 Å². The Morgan fingerprint density at radius 3 is 2.61 bits per heavy atom. The van der Waals surface area contributed by atoms with Gasteiger partial charge in [0, 0.05) is 58.1 Å². The van der Waals surface area contributed by atoms with Gasteiger partial charge in [-0.25, -0.2) is 9.97 Å². The van der Waals surface area contributed by atoms with Gasteiger partial charge in [0.2, 0.25) is 5.91 Å². The number of ether oxygens (including phenoxy) is 1. The van der Waals surface area contributed by atoms with Crippen molar-refractivity contribution in [3.05, 3.63) is 83.7 Å². The fourth-order valence-electron chi connectivity index (χ4n) is 4.03. The number of piperazine rings is 1. The monoisotopic (exact) mass is 445 g/mol. The van der Waals surface area contributed by atoms with Gasteiger partial charge in [-0.05, 0) is 41.5 Å². The average Bonchev–Trinajstić information content (AvgIpc) is 2.84. The Morgan fingerprint density at radius 1 is 1.06 bits per heavy atom. The summed E-state index contributed by atoms with van der Waals surface area (Å²) < 4.78 is 5.78. The van der Waals surface area contributed by atoms with Gasteiger partial charge < -0.3 is 15.0 Å². The van der Waals surface area contributed by atoms with Gasteiger partial charge in [0.05, 0.1) is 6.04 Å². The first-order valence-electron chi connectivity index (χ1n) is 10.9. The van der Waals surface area contributed by atoms with Crippen LogP contribution in [0.2, 0.25) is 0 Å². The number of benzene rings is 2. The van der Waals surface area contributed by atoms with Crippen LogP contribution in [0.1, 0.15) is 34.5 Å². The molecule has 0 bridgehead atoms. The molecule has 4 rings (SSSR count). The number of rotatable bonds is 6. The zero-order chi connectivity index (χ0) is 23.2. The van der Waals surface area contributed by atoms with Crippen LogP contribution >= 0.6 is 0 Å². The van der Waals surface area contributed by atoms with Crippen LogP contribution in [0.25, 0.3) is 0 Å². The summed E-state index contributed by atoms with van der Waals surface area (Å²) in [4.78, 5) is 36.7. The van der Waals surface area contributed by atoms with Gasteiger partial charge >= 0.3 is 6.01 Å². The Balaban J connectivity index is 1.57. The quantitative estimate of drug-likeness (QED) is 0.628. The van der Waals surface area contributed by atoms with E-state index in [2.05, 4.69) is 20.2 Å². The van der Waals surface area contributed by atoms with Gasteiger partial charge in [-0.3, -0.25) is 14.5 Å². The van der Waals surface area contributed by atoms with Crippen molar-refractivity contribution in [3.63, 3.8) is 0 Å². The summed E-state index contributed by atoms with van der Waals surface area (Å²) in [6, 6.07) is 17.5. The topological polar surface area (TPSA) is 87.7 Å². The standard InChI is InChI=1S/C25H27N5O3/c1-18(31)29-12-13-30(23(17-29)20-7-4-8-21(15-20)24(32)26-2)16-19-6-3-9-22(14-19)33-25-27-10-5-11-28-25/h3-11,14-15,23H,12-13,16-17H2,1-2H3,(H,26,32)/t23-/m1/s1. The normalized spacial score (nSPS) is 16.3. The molecule has 1 aliphatic rings. The van der Waals surface area contributed by atoms with E-state index in [0.717, 1.165) is 17.7 Å². The minimum Gasteiger partial charge on any atom is -0.424 e. The van der Waals surface area contributed by atoms with Crippen molar-refractivity contribution in [2.75, 3.05) is 26.7 Å². The molecule has 3 aromatic rings. The molecular weight excluding hydrogens is 418 g/mol. The number of carbonyl (C=O) groups is 2. The lowest BCUT2D eigenvalue weighted by atomic mass is 9.99. The molecule has 0 spiro atoms. The lowest BCUT2D eigenvalue weighted by Crippen LogP contribution is -2.49. The molecule has 1 aliphatic heterocycles. The number of nitrogens with one attached hydrogen (secondary N) is 1. The largest absolute Gasteiger partial charge is 0.424 e. The van der Waals surface area contributed by atoms with E-state index in [1.807, 2.05) is 47.4 Å². The summed E-state index contributed by atoms with van der Waals surface area (Å²) in [6.45, 7) is 4.23. The minimum atomic E-state index is -0.129. The molecule has 0 radical (unpaired) electrons. The predicted molar refractivity (Wildman–Crippen MR) is 124 cm³/mol. The molecule has 8 nitrogen and oxygen atoms in total. The van der Waals surface area contributed by atoms with Crippen LogP contribution in [0.15, 0.2) is 67.0 Å². The number of aromatic nitrogens is 2. The Morgan fingerprint density at radius 2 is 1.85 bits per heavy atom. The minimum absolute atomic E-state index is 0.0331. The Bertz CT molecular complexity index is 1120. The highest BCUT2D eigenvalue weighted by Crippen LogP contribution is 2.29. The molecule has 1 fully saturated rings. The van der Waals surface area contributed by atoms with Crippen LogP contribution in [0.3, 0.4) is 0 Å². The molecule has 33 heavy (non-hydrogen) atoms. The van der Waals surface area contributed by atoms with Crippen LogP contribution in [-0.4, -0.2) is 58.3 Å². The van der Waals surface area contributed by atoms with E-state index >= 15 is 0 Å². The maximum atomic E-state index is 12.2. The second kappa shape index (κ2) is 10.2. The molecule has 0 unspecified atom stereocenters. The first-order valence-corrected chi connectivity index (χ1v) is 10.9. The zero-order valence-corrected chi connectivity index (χ0v) is 18.8. The molecule has 170 valence electrons. The average molecular weight is 446 g/mol. The Hall–Kier alpha value is -3.78. The second-order valence-electron chi connectivity index (χ2n) is 7.94. The van der Waals surface area contributed by atoms with Crippen molar-refractivity contribution in [2.24, 2.45) is 0 Å². The van der Waals surface area contributed by atoms with Crippen molar-refractivity contribution in [2.45, 2.75) is 19.5 Å². The predicted octanol–water partition coefficient (Wildman–Crippen LogP) is 3.03. The third-order valence-corrected chi connectivity index (χ3v) is 5.73. The van der Waals surface area contributed by atoms with Crippen LogP contribution in [0.4, 0.5) is 0 Å². The van der Waals surface area contributed by atoms with Crippen LogP contribution < -0.4 is 10.1 Å². The van der Waals surface area contributed by atoms with Crippen LogP contribution in [0, 0.1) is 0 Å². The van der Waals surface area contributed by atoms with Gasteiger partial charge in [0.1, 0.15) is 5.75 Å². The maximum absolute atomic E-state index is 12.2. The summed E-state index contributed by atoms with van der Waals surface area (Å²) in [5.74, 6) is 0.593. The maximum Gasteiger partial charge on any atom is 0.321 e. The smallest absolute Gasteiger partial charge is 0.321 e. The fraction of sp³-hybridized carbons (Fsp3) is 0.280. The van der Waals surface area contributed by atoms with Gasteiger partial charge in [-0.15, -0.1) is 0 Å². The van der Waals surface area contributed by atoms with Gasteiger partial charge in [0.25, 0.3) is 5.91 Å². The molecule has 1 aromatic heterocycles. The summed E-state index contributed by atoms with van der Waals surface area (Å²) in [5, 5.41) is 2.67. The Kier molecular flexibility index (Phi) is 6.95. The first kappa shape index (κ1) is 22.4. The summed E-state index contributed by atoms with van der Waals surface area (Å²) >= 11 is 0. The van der Waals surface area contributed by atoms with Crippen molar-refractivity contribution in [3.8, 4) is 11.8 Å². The summed E-state index contributed by atoms with van der Waals surface area (Å²) in [6.07, 6.45) is 3.27. The number of carbonyl (C=O) groups excluding carboxylic acids is 2. The van der Waals surface area contributed by atoms with Crippen molar-refractivity contribution in [1.82, 2.24) is 25.1 Å². The van der Waals surface area contributed by atoms with Gasteiger partial charge in [-0.1, -0.05) is 24.3 Å². The van der Waals surface area contributed by atoms with Crippen LogP contribution in [-0.2, 0) is 11.3 Å². The molecule has 1 N–H and O–H groups in total. The molecule has 1 atom stereocenters. The molecule has 2 aromatic carbocycles. The summed E-state index contributed by atoms with van der Waals surface area (Å²) in [5.41, 5.74) is 2.69. The molecule has 0 saturated carbocycles. The van der Waals surface area contributed by atoms with E-state index < -0.39 is 0 Å². The molecule has 8 heteroatoms. The molecular formula is C25H27N5O3. The highest BCUT2D eigenvalue weighted by atomic mass is 16.5. The number of nitrogens with zero attached hydrogens (tertiary/aromatic N) is 4. The first-order chi connectivity index (χ1) is 16.0. The van der Waals surface area contributed by atoms with Crippen molar-refractivity contribution >= 4 is 11.8 Å². The lowest BCUT2D eigenvalue weighted by molar-refractivity contribution is -0.132. The number of hydrogen-bond donors (Lipinski definition) is 1. The number of amides is 2. The second-order valence-corrected chi connectivity index (χ2v) is 7.94. The van der Waals surface area contributed by atoms with E-state index in [1.54, 1.807) is 38.5 Å². The SMILES string of the molecule is CNC(=O)c1cccc([C@H]2CN(C(C)=O)CCN2Cc2cccc(Oc3ncccn3)c2)c1. The van der Waals surface area contributed by atoms with Gasteiger partial charge in [0.15, 0.2) is 0 Å². The molecule has 2 amide bonds. The third kappa shape index (κ3) is 5.53. The Labute approximate surface area is 193 Å². The molecule has 2 heterocycles. The number of hydrogen-bond acceptors (Lipinski definition) is 6. The lowest BCUT2D eigenvalue weighted by Gasteiger charge is -2.41. The van der Waals surface area contributed by atoms with Crippen molar-refractivity contribution < 1.29 is 14.3 Å². The van der Waals surface area contributed by atoms with E-state index in [1.165, 1.54) is 0 Å². The van der Waals surface area contributed by atoms with E-state index in [4.69, 9.17) is 4.74 Å². The molecule has 0 aliphatic carbocycles. The van der Waals surface area contributed by atoms with E-state index in [0.29, 0.717) is 37.0 Å². The molecule has 1 saturated heterocycles. The van der Waals surface area contributed by atoms with E-state index in [-0.39, 0.29) is 17.9 Å². The van der Waals surface area contributed by atoms with Crippen molar-refractivity contribution in [1.29, 1.82) is 0 Å². The summed E-state index contributed by atoms with van der Waals surface area (Å²) in [7, 11) is 1.62. The highest BCUT2D eigenvalue weighted by molar-refractivity contribution is 5.94. The zero-order valence-electron chi connectivity index (χ0n) is 18.8.